The van der Waals surface area contributed by atoms with Gasteiger partial charge in [-0.15, -0.1) is 0 Å². The van der Waals surface area contributed by atoms with Crippen LogP contribution < -0.4 is 10.0 Å². The average Bonchev–Trinajstić information content (AvgIpc) is 3.22. The Kier molecular flexibility index (Phi) is 6.18. The van der Waals surface area contributed by atoms with Crippen molar-refractivity contribution >= 4 is 27.3 Å². The Morgan fingerprint density at radius 1 is 1.00 bits per heavy atom. The van der Waals surface area contributed by atoms with Gasteiger partial charge in [-0.1, -0.05) is 24.3 Å². The molecule has 10 heteroatoms. The van der Waals surface area contributed by atoms with Crippen molar-refractivity contribution in [2.24, 2.45) is 0 Å². The van der Waals surface area contributed by atoms with Crippen LogP contribution in [0.15, 0.2) is 77.7 Å². The standard InChI is InChI=1S/C23H20FN5O3S/c1-15-25-23(28-27-15)17-3-2-4-20(14-17)26-22(30)13-16-5-9-19(10-6-16)29-33(31,32)21-11-7-18(24)8-12-21/h2-12,14,29H,13H2,1H3,(H,26,30)(H,25,27,28). The molecule has 33 heavy (non-hydrogen) atoms. The minimum atomic E-state index is -3.84. The zero-order valence-electron chi connectivity index (χ0n) is 17.5. The topological polar surface area (TPSA) is 117 Å². The van der Waals surface area contributed by atoms with Crippen molar-refractivity contribution in [3.05, 3.63) is 90.0 Å². The highest BCUT2D eigenvalue weighted by Crippen LogP contribution is 2.20. The number of H-pyrrole nitrogens is 1. The predicted molar refractivity (Wildman–Crippen MR) is 123 cm³/mol. The maximum absolute atomic E-state index is 13.0. The number of carbonyl (C=O) groups is 1. The number of hydrogen-bond donors (Lipinski definition) is 3. The van der Waals surface area contributed by atoms with E-state index in [0.717, 1.165) is 17.7 Å². The largest absolute Gasteiger partial charge is 0.326 e. The van der Waals surface area contributed by atoms with Crippen molar-refractivity contribution < 1.29 is 17.6 Å². The van der Waals surface area contributed by atoms with Crippen LogP contribution in [0.5, 0.6) is 0 Å². The number of hydrogen-bond acceptors (Lipinski definition) is 5. The normalized spacial score (nSPS) is 11.2. The number of amides is 1. The molecule has 0 bridgehead atoms. The second kappa shape index (κ2) is 9.21. The van der Waals surface area contributed by atoms with Gasteiger partial charge < -0.3 is 5.32 Å². The second-order valence-corrected chi connectivity index (χ2v) is 8.99. The Labute approximate surface area is 190 Å². The number of nitrogens with one attached hydrogen (secondary N) is 3. The number of nitrogens with zero attached hydrogens (tertiary/aromatic N) is 2. The molecular formula is C23H20FN5O3S. The molecule has 0 spiro atoms. The third-order valence-electron chi connectivity index (χ3n) is 4.70. The first-order chi connectivity index (χ1) is 15.8. The molecule has 8 nitrogen and oxygen atoms in total. The lowest BCUT2D eigenvalue weighted by molar-refractivity contribution is -0.115. The molecule has 4 rings (SSSR count). The van der Waals surface area contributed by atoms with E-state index >= 15 is 0 Å². The Bertz CT molecular complexity index is 1380. The van der Waals surface area contributed by atoms with E-state index in [2.05, 4.69) is 25.2 Å². The van der Waals surface area contributed by atoms with Crippen LogP contribution in [0.25, 0.3) is 11.4 Å². The summed E-state index contributed by atoms with van der Waals surface area (Å²) < 4.78 is 40.3. The Morgan fingerprint density at radius 2 is 1.73 bits per heavy atom. The van der Waals surface area contributed by atoms with Crippen LogP contribution in [0.4, 0.5) is 15.8 Å². The van der Waals surface area contributed by atoms with Gasteiger partial charge >= 0.3 is 0 Å². The van der Waals surface area contributed by atoms with Crippen LogP contribution in [-0.2, 0) is 21.2 Å². The van der Waals surface area contributed by atoms with Gasteiger partial charge in [-0.3, -0.25) is 14.6 Å². The fourth-order valence-corrected chi connectivity index (χ4v) is 4.18. The number of aryl methyl sites for hydroxylation is 1. The summed E-state index contributed by atoms with van der Waals surface area (Å²) in [6, 6.07) is 18.2. The van der Waals surface area contributed by atoms with Gasteiger partial charge in [0.15, 0.2) is 5.82 Å². The van der Waals surface area contributed by atoms with E-state index in [1.807, 2.05) is 6.07 Å². The number of sulfonamides is 1. The van der Waals surface area contributed by atoms with Crippen LogP contribution in [0.3, 0.4) is 0 Å². The first kappa shape index (κ1) is 22.2. The third kappa shape index (κ3) is 5.60. The van der Waals surface area contributed by atoms with Crippen molar-refractivity contribution in [3.63, 3.8) is 0 Å². The molecule has 0 aliphatic heterocycles. The molecule has 168 valence electrons. The summed E-state index contributed by atoms with van der Waals surface area (Å²) in [5.74, 6) is 0.499. The maximum atomic E-state index is 13.0. The van der Waals surface area contributed by atoms with Gasteiger partial charge in [0.2, 0.25) is 5.91 Å². The number of benzene rings is 3. The molecule has 1 heterocycles. The Hall–Kier alpha value is -4.05. The van der Waals surface area contributed by atoms with E-state index in [1.165, 1.54) is 12.1 Å². The average molecular weight is 466 g/mol. The number of halogens is 1. The molecule has 3 aromatic carbocycles. The van der Waals surface area contributed by atoms with Crippen LogP contribution in [0.1, 0.15) is 11.4 Å². The van der Waals surface area contributed by atoms with Crippen LogP contribution in [0.2, 0.25) is 0 Å². The highest BCUT2D eigenvalue weighted by molar-refractivity contribution is 7.92. The van der Waals surface area contributed by atoms with Crippen molar-refractivity contribution in [2.45, 2.75) is 18.2 Å². The molecule has 0 aliphatic rings. The van der Waals surface area contributed by atoms with Gasteiger partial charge in [-0.2, -0.15) is 5.10 Å². The Morgan fingerprint density at radius 3 is 2.39 bits per heavy atom. The van der Waals surface area contributed by atoms with Gasteiger partial charge in [0.05, 0.1) is 11.3 Å². The predicted octanol–water partition coefficient (Wildman–Crippen LogP) is 3.90. The fourth-order valence-electron chi connectivity index (χ4n) is 3.12. The highest BCUT2D eigenvalue weighted by Gasteiger charge is 2.14. The summed E-state index contributed by atoms with van der Waals surface area (Å²) in [6.45, 7) is 1.81. The van der Waals surface area contributed by atoms with E-state index in [-0.39, 0.29) is 17.2 Å². The van der Waals surface area contributed by atoms with Crippen LogP contribution >= 0.6 is 0 Å². The minimum absolute atomic E-state index is 0.0465. The first-order valence-electron chi connectivity index (χ1n) is 9.95. The van der Waals surface area contributed by atoms with Gasteiger partial charge in [-0.05, 0) is 61.0 Å². The quantitative estimate of drug-likeness (QED) is 0.383. The number of rotatable bonds is 7. The number of carbonyl (C=O) groups excluding carboxylic acids is 1. The summed E-state index contributed by atoms with van der Waals surface area (Å²) in [5, 5.41) is 9.74. The van der Waals surface area contributed by atoms with Crippen molar-refractivity contribution in [1.82, 2.24) is 15.2 Å². The molecule has 1 amide bonds. The molecule has 0 aliphatic carbocycles. The monoisotopic (exact) mass is 465 g/mol. The number of anilines is 2. The molecule has 0 fully saturated rings. The number of aromatic nitrogens is 3. The Balaban J connectivity index is 1.38. The summed E-state index contributed by atoms with van der Waals surface area (Å²) in [6.07, 6.45) is 0.106. The van der Waals surface area contributed by atoms with Crippen LogP contribution in [-0.4, -0.2) is 29.5 Å². The van der Waals surface area contributed by atoms with E-state index in [9.17, 15) is 17.6 Å². The maximum Gasteiger partial charge on any atom is 0.261 e. The van der Waals surface area contributed by atoms with Crippen molar-refractivity contribution in [1.29, 1.82) is 0 Å². The molecule has 0 saturated heterocycles. The first-order valence-corrected chi connectivity index (χ1v) is 11.4. The van der Waals surface area contributed by atoms with Gasteiger partial charge in [0.25, 0.3) is 10.0 Å². The molecule has 0 atom stereocenters. The lowest BCUT2D eigenvalue weighted by atomic mass is 10.1. The molecule has 1 aromatic heterocycles. The second-order valence-electron chi connectivity index (χ2n) is 7.31. The number of aromatic amines is 1. The van der Waals surface area contributed by atoms with Gasteiger partial charge in [-0.25, -0.2) is 17.8 Å². The molecule has 0 radical (unpaired) electrons. The molecule has 3 N–H and O–H groups in total. The molecule has 0 saturated carbocycles. The van der Waals surface area contributed by atoms with E-state index in [0.29, 0.717) is 28.6 Å². The summed E-state index contributed by atoms with van der Waals surface area (Å²) >= 11 is 0. The van der Waals surface area contributed by atoms with E-state index in [4.69, 9.17) is 0 Å². The third-order valence-corrected chi connectivity index (χ3v) is 6.09. The molecular weight excluding hydrogens is 445 g/mol. The highest BCUT2D eigenvalue weighted by atomic mass is 32.2. The zero-order valence-corrected chi connectivity index (χ0v) is 18.4. The van der Waals surface area contributed by atoms with Gasteiger partial charge in [0, 0.05) is 16.9 Å². The zero-order chi connectivity index (χ0) is 23.4. The lowest BCUT2D eigenvalue weighted by Gasteiger charge is -2.09. The van der Waals surface area contributed by atoms with Crippen LogP contribution in [0, 0.1) is 12.7 Å². The summed E-state index contributed by atoms with van der Waals surface area (Å²) in [5.41, 5.74) is 2.43. The van der Waals surface area contributed by atoms with E-state index in [1.54, 1.807) is 49.4 Å². The SMILES string of the molecule is Cc1nc(-c2cccc(NC(=O)Cc3ccc(NS(=O)(=O)c4ccc(F)cc4)cc3)c2)n[nH]1. The van der Waals surface area contributed by atoms with Crippen molar-refractivity contribution in [2.75, 3.05) is 10.0 Å². The summed E-state index contributed by atoms with van der Waals surface area (Å²) in [4.78, 5) is 16.7. The lowest BCUT2D eigenvalue weighted by Crippen LogP contribution is -2.15. The smallest absolute Gasteiger partial charge is 0.261 e. The van der Waals surface area contributed by atoms with Crippen molar-refractivity contribution in [3.8, 4) is 11.4 Å². The van der Waals surface area contributed by atoms with E-state index < -0.39 is 15.8 Å². The molecule has 0 unspecified atom stereocenters. The fraction of sp³-hybridized carbons (Fsp3) is 0.0870. The summed E-state index contributed by atoms with van der Waals surface area (Å²) in [7, 11) is -3.84. The minimum Gasteiger partial charge on any atom is -0.326 e. The van der Waals surface area contributed by atoms with Gasteiger partial charge in [0.1, 0.15) is 11.6 Å². The molecule has 4 aromatic rings.